The summed E-state index contributed by atoms with van der Waals surface area (Å²) in [6.45, 7) is 3.05. The Balaban J connectivity index is 2.12. The van der Waals surface area contributed by atoms with Crippen LogP contribution in [0.15, 0.2) is 23.2 Å². The molecule has 4 nitrogen and oxygen atoms in total. The van der Waals surface area contributed by atoms with Gasteiger partial charge >= 0.3 is 0 Å². The van der Waals surface area contributed by atoms with Crippen molar-refractivity contribution in [2.45, 2.75) is 43.9 Å². The molecule has 1 aromatic rings. The van der Waals surface area contributed by atoms with Crippen molar-refractivity contribution < 1.29 is 8.42 Å². The Bertz CT molecular complexity index is 534. The Kier molecular flexibility index (Phi) is 4.13. The Morgan fingerprint density at radius 1 is 1.32 bits per heavy atom. The average molecular weight is 282 g/mol. The predicted octanol–water partition coefficient (Wildman–Crippen LogP) is 2.87. The van der Waals surface area contributed by atoms with Crippen molar-refractivity contribution in [3.63, 3.8) is 0 Å². The van der Waals surface area contributed by atoms with Gasteiger partial charge in [-0.15, -0.1) is 0 Å². The lowest BCUT2D eigenvalue weighted by Crippen LogP contribution is -2.29. The average Bonchev–Trinajstić information content (AvgIpc) is 2.37. The van der Waals surface area contributed by atoms with Crippen molar-refractivity contribution in [3.05, 3.63) is 18.3 Å². The topological polar surface area (TPSA) is 59.1 Å². The van der Waals surface area contributed by atoms with Gasteiger partial charge in [0.25, 0.3) is 0 Å². The van der Waals surface area contributed by atoms with Gasteiger partial charge in [0.15, 0.2) is 9.84 Å². The largest absolute Gasteiger partial charge is 0.368 e. The predicted molar refractivity (Wildman–Crippen MR) is 77.0 cm³/mol. The summed E-state index contributed by atoms with van der Waals surface area (Å²) in [5.74, 6) is 0.483. The highest BCUT2D eigenvalue weighted by molar-refractivity contribution is 7.90. The highest BCUT2D eigenvalue weighted by atomic mass is 32.2. The molecule has 0 spiro atoms. The molecular weight excluding hydrogens is 260 g/mol. The first-order valence-corrected chi connectivity index (χ1v) is 8.69. The van der Waals surface area contributed by atoms with E-state index in [0.717, 1.165) is 6.54 Å². The molecule has 0 aromatic carbocycles. The van der Waals surface area contributed by atoms with E-state index in [0.29, 0.717) is 5.82 Å². The third-order valence-corrected chi connectivity index (χ3v) is 5.04. The fraction of sp³-hybridized carbons (Fsp3) is 0.643. The van der Waals surface area contributed by atoms with E-state index in [1.165, 1.54) is 38.4 Å². The fourth-order valence-electron chi connectivity index (χ4n) is 2.70. The number of pyridine rings is 1. The van der Waals surface area contributed by atoms with Gasteiger partial charge in [-0.3, -0.25) is 0 Å². The van der Waals surface area contributed by atoms with E-state index >= 15 is 0 Å². The van der Waals surface area contributed by atoms with Crippen LogP contribution in [-0.4, -0.2) is 26.2 Å². The summed E-state index contributed by atoms with van der Waals surface area (Å²) < 4.78 is 23.4. The number of sulfone groups is 1. The Labute approximate surface area is 115 Å². The first kappa shape index (κ1) is 14.3. The van der Waals surface area contributed by atoms with E-state index in [2.05, 4.69) is 17.2 Å². The summed E-state index contributed by atoms with van der Waals surface area (Å²) in [4.78, 5) is 4.46. The van der Waals surface area contributed by atoms with Crippen LogP contribution in [0.3, 0.4) is 0 Å². The van der Waals surface area contributed by atoms with Crippen LogP contribution >= 0.6 is 0 Å². The molecule has 19 heavy (non-hydrogen) atoms. The molecule has 1 fully saturated rings. The van der Waals surface area contributed by atoms with E-state index < -0.39 is 9.84 Å². The standard InChI is InChI=1S/C14H22N2O2S/c1-14(8-4-3-5-9-14)11-16-13-12(19(2,17)18)7-6-10-15-13/h6-7,10H,3-5,8-9,11H2,1-2H3,(H,15,16). The minimum atomic E-state index is -3.23. The Morgan fingerprint density at radius 2 is 2.00 bits per heavy atom. The summed E-state index contributed by atoms with van der Waals surface area (Å²) in [5, 5.41) is 3.24. The maximum Gasteiger partial charge on any atom is 0.179 e. The molecule has 1 saturated carbocycles. The zero-order valence-corrected chi connectivity index (χ0v) is 12.5. The lowest BCUT2D eigenvalue weighted by atomic mass is 9.76. The fourth-order valence-corrected chi connectivity index (χ4v) is 3.50. The second-order valence-electron chi connectivity index (χ2n) is 5.85. The number of nitrogens with zero attached hydrogens (tertiary/aromatic N) is 1. The molecule has 0 amide bonds. The SMILES string of the molecule is CC1(CNc2ncccc2S(C)(=O)=O)CCCCC1. The normalized spacial score (nSPS) is 19.1. The number of hydrogen-bond donors (Lipinski definition) is 1. The van der Waals surface area contributed by atoms with Gasteiger partial charge in [0.2, 0.25) is 0 Å². The third kappa shape index (κ3) is 3.69. The van der Waals surface area contributed by atoms with E-state index in [-0.39, 0.29) is 10.3 Å². The van der Waals surface area contributed by atoms with Gasteiger partial charge in [-0.05, 0) is 30.4 Å². The van der Waals surface area contributed by atoms with Crippen molar-refractivity contribution >= 4 is 15.7 Å². The van der Waals surface area contributed by atoms with Gasteiger partial charge in [-0.25, -0.2) is 13.4 Å². The number of nitrogens with one attached hydrogen (secondary N) is 1. The van der Waals surface area contributed by atoms with Crippen LogP contribution < -0.4 is 5.32 Å². The van der Waals surface area contributed by atoms with Crippen molar-refractivity contribution in [2.75, 3.05) is 18.1 Å². The minimum absolute atomic E-state index is 0.255. The molecule has 1 N–H and O–H groups in total. The van der Waals surface area contributed by atoms with Crippen LogP contribution in [0.25, 0.3) is 0 Å². The van der Waals surface area contributed by atoms with Crippen LogP contribution in [0, 0.1) is 5.41 Å². The van der Waals surface area contributed by atoms with E-state index in [9.17, 15) is 8.42 Å². The van der Waals surface area contributed by atoms with E-state index in [1.807, 2.05) is 0 Å². The van der Waals surface area contributed by atoms with Crippen molar-refractivity contribution in [2.24, 2.45) is 5.41 Å². The van der Waals surface area contributed by atoms with Gasteiger partial charge in [0.05, 0.1) is 0 Å². The maximum atomic E-state index is 11.7. The zero-order valence-electron chi connectivity index (χ0n) is 11.6. The number of anilines is 1. The van der Waals surface area contributed by atoms with Crippen molar-refractivity contribution in [1.29, 1.82) is 0 Å². The van der Waals surface area contributed by atoms with Gasteiger partial charge in [-0.1, -0.05) is 26.2 Å². The number of rotatable bonds is 4. The summed E-state index contributed by atoms with van der Waals surface area (Å²) in [7, 11) is -3.23. The van der Waals surface area contributed by atoms with E-state index in [4.69, 9.17) is 0 Å². The Morgan fingerprint density at radius 3 is 2.63 bits per heavy atom. The molecule has 1 heterocycles. The summed E-state index contributed by atoms with van der Waals surface area (Å²) in [5.41, 5.74) is 0.255. The summed E-state index contributed by atoms with van der Waals surface area (Å²) in [6.07, 6.45) is 9.08. The number of aromatic nitrogens is 1. The second kappa shape index (κ2) is 5.49. The van der Waals surface area contributed by atoms with Gasteiger partial charge < -0.3 is 5.32 Å². The summed E-state index contributed by atoms with van der Waals surface area (Å²) >= 11 is 0. The van der Waals surface area contributed by atoms with Crippen LogP contribution in [0.1, 0.15) is 39.0 Å². The molecule has 0 atom stereocenters. The quantitative estimate of drug-likeness (QED) is 0.922. The molecular formula is C14H22N2O2S. The first-order chi connectivity index (χ1) is 8.91. The highest BCUT2D eigenvalue weighted by Gasteiger charge is 2.27. The molecule has 0 radical (unpaired) electrons. The molecule has 0 saturated heterocycles. The second-order valence-corrected chi connectivity index (χ2v) is 7.83. The van der Waals surface area contributed by atoms with Crippen molar-refractivity contribution in [1.82, 2.24) is 4.98 Å². The van der Waals surface area contributed by atoms with E-state index in [1.54, 1.807) is 18.3 Å². The van der Waals surface area contributed by atoms with Gasteiger partial charge in [0, 0.05) is 19.0 Å². The molecule has 2 rings (SSSR count). The third-order valence-electron chi connectivity index (χ3n) is 3.91. The molecule has 1 aliphatic rings. The van der Waals surface area contributed by atoms with Gasteiger partial charge in [-0.2, -0.15) is 0 Å². The minimum Gasteiger partial charge on any atom is -0.368 e. The Hall–Kier alpha value is -1.10. The molecule has 0 bridgehead atoms. The van der Waals surface area contributed by atoms with Crippen LogP contribution in [-0.2, 0) is 9.84 Å². The molecule has 0 unspecified atom stereocenters. The lowest BCUT2D eigenvalue weighted by molar-refractivity contribution is 0.233. The molecule has 106 valence electrons. The molecule has 1 aromatic heterocycles. The molecule has 0 aliphatic heterocycles. The monoisotopic (exact) mass is 282 g/mol. The van der Waals surface area contributed by atoms with Gasteiger partial charge in [0.1, 0.15) is 10.7 Å². The first-order valence-electron chi connectivity index (χ1n) is 6.80. The molecule has 5 heteroatoms. The summed E-state index contributed by atoms with van der Waals surface area (Å²) in [6, 6.07) is 3.26. The number of hydrogen-bond acceptors (Lipinski definition) is 4. The van der Waals surface area contributed by atoms with Crippen LogP contribution in [0.2, 0.25) is 0 Å². The van der Waals surface area contributed by atoms with Crippen LogP contribution in [0.4, 0.5) is 5.82 Å². The van der Waals surface area contributed by atoms with Crippen molar-refractivity contribution in [3.8, 4) is 0 Å². The molecule has 1 aliphatic carbocycles. The zero-order chi connectivity index (χ0) is 13.9. The smallest absolute Gasteiger partial charge is 0.179 e. The highest BCUT2D eigenvalue weighted by Crippen LogP contribution is 2.36. The maximum absolute atomic E-state index is 11.7. The van der Waals surface area contributed by atoms with Crippen LogP contribution in [0.5, 0.6) is 0 Å². The lowest BCUT2D eigenvalue weighted by Gasteiger charge is -2.34.